The van der Waals surface area contributed by atoms with Crippen molar-refractivity contribution in [3.63, 3.8) is 0 Å². The van der Waals surface area contributed by atoms with Gasteiger partial charge in [-0.2, -0.15) is 0 Å². The number of phenols is 2. The van der Waals surface area contributed by atoms with Gasteiger partial charge in [-0.25, -0.2) is 4.79 Å². The highest BCUT2D eigenvalue weighted by Gasteiger charge is 2.22. The van der Waals surface area contributed by atoms with Crippen molar-refractivity contribution in [1.82, 2.24) is 5.32 Å². The van der Waals surface area contributed by atoms with E-state index in [2.05, 4.69) is 5.32 Å². The van der Waals surface area contributed by atoms with E-state index in [-0.39, 0.29) is 24.5 Å². The van der Waals surface area contributed by atoms with Crippen LogP contribution in [0.25, 0.3) is 6.08 Å². The highest BCUT2D eigenvalue weighted by Crippen LogP contribution is 2.36. The van der Waals surface area contributed by atoms with Gasteiger partial charge in [0.15, 0.2) is 23.0 Å². The molecule has 0 spiro atoms. The summed E-state index contributed by atoms with van der Waals surface area (Å²) in [5, 5.41) is 22.0. The van der Waals surface area contributed by atoms with Crippen LogP contribution in [-0.2, 0) is 20.7 Å². The molecule has 0 aliphatic rings. The molecular formula is C22H24ClNO7. The molecule has 31 heavy (non-hydrogen) atoms. The molecule has 2 rings (SSSR count). The number of benzene rings is 2. The average molecular weight is 450 g/mol. The fraction of sp³-hybridized carbons (Fsp3) is 0.273. The molecule has 166 valence electrons. The topological polar surface area (TPSA) is 114 Å². The molecule has 1 amide bonds. The van der Waals surface area contributed by atoms with Gasteiger partial charge in [0.1, 0.15) is 6.04 Å². The minimum absolute atomic E-state index is 0.0639. The van der Waals surface area contributed by atoms with Crippen molar-refractivity contribution in [1.29, 1.82) is 0 Å². The van der Waals surface area contributed by atoms with Gasteiger partial charge in [-0.3, -0.25) is 4.79 Å². The van der Waals surface area contributed by atoms with Crippen LogP contribution in [0.3, 0.4) is 0 Å². The summed E-state index contributed by atoms with van der Waals surface area (Å²) in [6, 6.07) is 6.42. The van der Waals surface area contributed by atoms with Gasteiger partial charge in [0.05, 0.1) is 25.8 Å². The van der Waals surface area contributed by atoms with Crippen molar-refractivity contribution >= 4 is 29.6 Å². The van der Waals surface area contributed by atoms with Gasteiger partial charge in [-0.05, 0) is 48.4 Å². The third-order valence-corrected chi connectivity index (χ3v) is 4.53. The number of phenolic OH excluding ortho intramolecular Hbond substituents is 2. The van der Waals surface area contributed by atoms with Crippen LogP contribution in [-0.4, -0.2) is 49.0 Å². The fourth-order valence-corrected chi connectivity index (χ4v) is 3.09. The smallest absolute Gasteiger partial charge is 0.328 e. The summed E-state index contributed by atoms with van der Waals surface area (Å²) < 4.78 is 15.4. The fourth-order valence-electron chi connectivity index (χ4n) is 2.79. The number of ether oxygens (including phenoxy) is 3. The number of hydrogen-bond donors (Lipinski definition) is 3. The van der Waals surface area contributed by atoms with E-state index in [9.17, 15) is 19.8 Å². The van der Waals surface area contributed by atoms with Crippen molar-refractivity contribution in [2.24, 2.45) is 0 Å². The van der Waals surface area contributed by atoms with Crippen molar-refractivity contribution in [3.8, 4) is 23.0 Å². The first-order valence-electron chi connectivity index (χ1n) is 9.36. The van der Waals surface area contributed by atoms with Crippen LogP contribution in [0.4, 0.5) is 0 Å². The maximum Gasteiger partial charge on any atom is 0.328 e. The summed E-state index contributed by atoms with van der Waals surface area (Å²) in [5.41, 5.74) is 1.12. The zero-order chi connectivity index (χ0) is 23.0. The minimum atomic E-state index is -0.991. The summed E-state index contributed by atoms with van der Waals surface area (Å²) in [6.07, 6.45) is 2.82. The Kier molecular flexibility index (Phi) is 8.57. The van der Waals surface area contributed by atoms with E-state index >= 15 is 0 Å². The largest absolute Gasteiger partial charge is 0.504 e. The van der Waals surface area contributed by atoms with Gasteiger partial charge in [0, 0.05) is 12.5 Å². The molecule has 0 aliphatic heterocycles. The van der Waals surface area contributed by atoms with Gasteiger partial charge in [0.2, 0.25) is 5.91 Å². The van der Waals surface area contributed by atoms with Crippen LogP contribution < -0.4 is 14.8 Å². The van der Waals surface area contributed by atoms with Crippen LogP contribution in [0.5, 0.6) is 23.0 Å². The number of rotatable bonds is 9. The Morgan fingerprint density at radius 3 is 2.48 bits per heavy atom. The lowest BCUT2D eigenvalue weighted by Crippen LogP contribution is -2.42. The van der Waals surface area contributed by atoms with Gasteiger partial charge in [-0.1, -0.05) is 17.7 Å². The molecule has 0 aromatic heterocycles. The highest BCUT2D eigenvalue weighted by atomic mass is 35.5. The maximum absolute atomic E-state index is 12.4. The molecule has 0 radical (unpaired) electrons. The summed E-state index contributed by atoms with van der Waals surface area (Å²) in [4.78, 5) is 24.7. The SMILES string of the molecule is CCOC(=O)[C@H](Cc1ccc(O)c(O)c1)NC(=O)C=Cc1cc(Cl)c(OC)c(OC)c1. The highest BCUT2D eigenvalue weighted by molar-refractivity contribution is 6.32. The van der Waals surface area contributed by atoms with E-state index < -0.39 is 17.9 Å². The number of methoxy groups -OCH3 is 2. The third kappa shape index (κ3) is 6.55. The quantitative estimate of drug-likeness (QED) is 0.306. The van der Waals surface area contributed by atoms with Crippen molar-refractivity contribution in [3.05, 3.63) is 52.6 Å². The molecule has 0 unspecified atom stereocenters. The zero-order valence-electron chi connectivity index (χ0n) is 17.3. The molecule has 2 aromatic carbocycles. The van der Waals surface area contributed by atoms with Gasteiger partial charge < -0.3 is 29.7 Å². The first-order valence-corrected chi connectivity index (χ1v) is 9.74. The van der Waals surface area contributed by atoms with E-state index in [0.29, 0.717) is 27.6 Å². The summed E-state index contributed by atoms with van der Waals surface area (Å²) >= 11 is 6.16. The number of nitrogens with one attached hydrogen (secondary N) is 1. The van der Waals surface area contributed by atoms with E-state index in [1.165, 1.54) is 44.6 Å². The zero-order valence-corrected chi connectivity index (χ0v) is 18.1. The Balaban J connectivity index is 2.16. The standard InChI is InChI=1S/C22H24ClNO7/c1-4-31-22(28)16(10-14-5-7-17(25)18(26)11-14)24-20(27)8-6-13-9-15(23)21(30-3)19(12-13)29-2/h5-9,11-12,16,25-26H,4,10H2,1-3H3,(H,24,27)/t16-/m0/s1. The molecule has 0 heterocycles. The molecule has 0 aliphatic carbocycles. The molecule has 0 saturated heterocycles. The summed E-state index contributed by atoms with van der Waals surface area (Å²) in [5.74, 6) is -0.969. The lowest BCUT2D eigenvalue weighted by molar-refractivity contribution is -0.146. The van der Waals surface area contributed by atoms with Crippen LogP contribution in [0.1, 0.15) is 18.1 Å². The second kappa shape index (κ2) is 11.1. The summed E-state index contributed by atoms with van der Waals surface area (Å²) in [6.45, 7) is 1.80. The monoisotopic (exact) mass is 449 g/mol. The Labute approximate surface area is 185 Å². The number of halogens is 1. The predicted molar refractivity (Wildman–Crippen MR) is 116 cm³/mol. The molecule has 9 heteroatoms. The lowest BCUT2D eigenvalue weighted by atomic mass is 10.0. The number of amides is 1. The van der Waals surface area contributed by atoms with E-state index in [1.54, 1.807) is 19.1 Å². The molecule has 0 saturated carbocycles. The van der Waals surface area contributed by atoms with Crippen molar-refractivity contribution in [2.45, 2.75) is 19.4 Å². The maximum atomic E-state index is 12.4. The van der Waals surface area contributed by atoms with Gasteiger partial charge in [-0.15, -0.1) is 0 Å². The second-order valence-electron chi connectivity index (χ2n) is 6.41. The Bertz CT molecular complexity index is 975. The second-order valence-corrected chi connectivity index (χ2v) is 6.82. The Morgan fingerprint density at radius 2 is 1.87 bits per heavy atom. The molecule has 0 bridgehead atoms. The first kappa shape index (κ1) is 23.9. The van der Waals surface area contributed by atoms with Crippen molar-refractivity contribution in [2.75, 3.05) is 20.8 Å². The average Bonchev–Trinajstić information content (AvgIpc) is 2.74. The van der Waals surface area contributed by atoms with Gasteiger partial charge >= 0.3 is 5.97 Å². The number of esters is 1. The van der Waals surface area contributed by atoms with E-state index in [1.807, 2.05) is 0 Å². The minimum Gasteiger partial charge on any atom is -0.504 e. The van der Waals surface area contributed by atoms with E-state index in [0.717, 1.165) is 0 Å². The third-order valence-electron chi connectivity index (χ3n) is 4.25. The normalized spacial score (nSPS) is 11.7. The number of hydrogen-bond acceptors (Lipinski definition) is 7. The van der Waals surface area contributed by atoms with Crippen LogP contribution in [0.15, 0.2) is 36.4 Å². The molecular weight excluding hydrogens is 426 g/mol. The Morgan fingerprint density at radius 1 is 1.13 bits per heavy atom. The molecule has 8 nitrogen and oxygen atoms in total. The predicted octanol–water partition coefficient (Wildman–Crippen LogP) is 3.07. The molecule has 2 aromatic rings. The van der Waals surface area contributed by atoms with Crippen LogP contribution in [0.2, 0.25) is 5.02 Å². The summed E-state index contributed by atoms with van der Waals surface area (Å²) in [7, 11) is 2.94. The van der Waals surface area contributed by atoms with Crippen molar-refractivity contribution < 1.29 is 34.0 Å². The lowest BCUT2D eigenvalue weighted by Gasteiger charge is -2.17. The Hall–Kier alpha value is -3.39. The number of carbonyl (C=O) groups excluding carboxylic acids is 2. The van der Waals surface area contributed by atoms with Crippen LogP contribution >= 0.6 is 11.6 Å². The number of carbonyl (C=O) groups is 2. The first-order chi connectivity index (χ1) is 14.8. The molecule has 0 fully saturated rings. The molecule has 1 atom stereocenters. The molecule has 3 N–H and O–H groups in total. The van der Waals surface area contributed by atoms with Gasteiger partial charge in [0.25, 0.3) is 0 Å². The van der Waals surface area contributed by atoms with Crippen LogP contribution in [0, 0.1) is 0 Å². The van der Waals surface area contributed by atoms with E-state index in [4.69, 9.17) is 25.8 Å². The number of aromatic hydroxyl groups is 2.